The zero-order chi connectivity index (χ0) is 25.9. The molecule has 0 aliphatic heterocycles. The van der Waals surface area contributed by atoms with E-state index in [1.807, 2.05) is 25.1 Å². The van der Waals surface area contributed by atoms with Crippen molar-refractivity contribution in [3.8, 4) is 11.5 Å². The van der Waals surface area contributed by atoms with Gasteiger partial charge in [0.05, 0.1) is 24.2 Å². The number of nitrogens with one attached hydrogen (secondary N) is 2. The molecule has 3 aromatic carbocycles. The second-order valence-electron chi connectivity index (χ2n) is 7.31. The number of ether oxygens (including phenoxy) is 2. The first-order chi connectivity index (χ1) is 17.4. The third kappa shape index (κ3) is 7.64. The SMILES string of the molecule is CCOc1cc(/C=N/NC(=O)Cc2ccccc2[N+](=O)[O-])c(Br)cc1OCC(=O)Nc1ccccc1. The van der Waals surface area contributed by atoms with Crippen LogP contribution in [-0.2, 0) is 16.0 Å². The van der Waals surface area contributed by atoms with Gasteiger partial charge < -0.3 is 14.8 Å². The number of hydrazone groups is 1. The Kier molecular flexibility index (Phi) is 9.52. The van der Waals surface area contributed by atoms with Gasteiger partial charge in [0, 0.05) is 27.4 Å². The number of benzene rings is 3. The molecule has 0 aromatic heterocycles. The van der Waals surface area contributed by atoms with Gasteiger partial charge in [-0.25, -0.2) is 5.43 Å². The van der Waals surface area contributed by atoms with Crippen LogP contribution in [0.2, 0.25) is 0 Å². The first kappa shape index (κ1) is 26.4. The van der Waals surface area contributed by atoms with E-state index in [0.29, 0.717) is 33.8 Å². The summed E-state index contributed by atoms with van der Waals surface area (Å²) in [6, 6.07) is 18.3. The molecule has 0 heterocycles. The number of nitro benzene ring substituents is 1. The number of hydrogen-bond donors (Lipinski definition) is 2. The molecule has 11 heteroatoms. The van der Waals surface area contributed by atoms with E-state index in [1.165, 1.54) is 24.4 Å². The van der Waals surface area contributed by atoms with Crippen LogP contribution in [-0.4, -0.2) is 36.2 Å². The summed E-state index contributed by atoms with van der Waals surface area (Å²) in [4.78, 5) is 35.0. The molecule has 0 aliphatic rings. The number of rotatable bonds is 11. The molecule has 10 nitrogen and oxygen atoms in total. The van der Waals surface area contributed by atoms with Crippen molar-refractivity contribution in [2.45, 2.75) is 13.3 Å². The Bertz CT molecular complexity index is 1270. The molecule has 3 rings (SSSR count). The molecule has 0 atom stereocenters. The van der Waals surface area contributed by atoms with Crippen LogP contribution in [0.5, 0.6) is 11.5 Å². The van der Waals surface area contributed by atoms with Gasteiger partial charge in [-0.15, -0.1) is 0 Å². The van der Waals surface area contributed by atoms with Crippen molar-refractivity contribution in [1.82, 2.24) is 5.43 Å². The lowest BCUT2D eigenvalue weighted by Crippen LogP contribution is -2.20. The summed E-state index contributed by atoms with van der Waals surface area (Å²) in [5.74, 6) is -0.0942. The maximum absolute atomic E-state index is 12.2. The highest BCUT2D eigenvalue weighted by atomic mass is 79.9. The lowest BCUT2D eigenvalue weighted by molar-refractivity contribution is -0.385. The van der Waals surface area contributed by atoms with Gasteiger partial charge in [0.2, 0.25) is 5.91 Å². The normalized spacial score (nSPS) is 10.6. The fourth-order valence-electron chi connectivity index (χ4n) is 3.12. The third-order valence-corrected chi connectivity index (χ3v) is 5.40. The predicted octanol–water partition coefficient (Wildman–Crippen LogP) is 4.47. The number of nitro groups is 1. The van der Waals surface area contributed by atoms with E-state index in [9.17, 15) is 19.7 Å². The van der Waals surface area contributed by atoms with Gasteiger partial charge in [0.15, 0.2) is 18.1 Å². The van der Waals surface area contributed by atoms with E-state index < -0.39 is 10.8 Å². The maximum Gasteiger partial charge on any atom is 0.273 e. The zero-order valence-corrected chi connectivity index (χ0v) is 20.9. The molecular weight excluding hydrogens is 532 g/mol. The predicted molar refractivity (Wildman–Crippen MR) is 138 cm³/mol. The largest absolute Gasteiger partial charge is 0.490 e. The van der Waals surface area contributed by atoms with Crippen molar-refractivity contribution in [3.05, 3.63) is 92.4 Å². The number of halogens is 1. The molecule has 2 amide bonds. The fourth-order valence-corrected chi connectivity index (χ4v) is 3.54. The average Bonchev–Trinajstić information content (AvgIpc) is 2.85. The summed E-state index contributed by atoms with van der Waals surface area (Å²) in [5.41, 5.74) is 3.75. The summed E-state index contributed by atoms with van der Waals surface area (Å²) < 4.78 is 11.9. The molecular formula is C25H23BrN4O6. The summed E-state index contributed by atoms with van der Waals surface area (Å²) in [6.45, 7) is 1.94. The van der Waals surface area contributed by atoms with E-state index in [2.05, 4.69) is 31.8 Å². The standard InChI is InChI=1S/C25H23BrN4O6/c1-2-35-22-12-18(15-27-29-24(31)13-17-8-6-7-11-21(17)30(33)34)20(26)14-23(22)36-16-25(32)28-19-9-4-3-5-10-19/h3-12,14-15H,2,13,16H2,1H3,(H,28,32)(H,29,31)/b27-15+. The highest BCUT2D eigenvalue weighted by Crippen LogP contribution is 2.33. The molecule has 186 valence electrons. The van der Waals surface area contributed by atoms with Gasteiger partial charge in [-0.2, -0.15) is 5.10 Å². The number of carbonyl (C=O) groups excluding carboxylic acids is 2. The Morgan fingerprint density at radius 1 is 1.03 bits per heavy atom. The van der Waals surface area contributed by atoms with Crippen molar-refractivity contribution in [2.75, 3.05) is 18.5 Å². The highest BCUT2D eigenvalue weighted by molar-refractivity contribution is 9.10. The molecule has 0 spiro atoms. The Morgan fingerprint density at radius 3 is 2.44 bits per heavy atom. The summed E-state index contributed by atoms with van der Waals surface area (Å²) in [6.07, 6.45) is 1.20. The Morgan fingerprint density at radius 2 is 1.72 bits per heavy atom. The Balaban J connectivity index is 1.63. The van der Waals surface area contributed by atoms with Crippen LogP contribution in [0.15, 0.2) is 76.3 Å². The molecule has 0 fully saturated rings. The maximum atomic E-state index is 12.2. The van der Waals surface area contributed by atoms with Crippen molar-refractivity contribution in [3.63, 3.8) is 0 Å². The van der Waals surface area contributed by atoms with Crippen molar-refractivity contribution in [1.29, 1.82) is 0 Å². The summed E-state index contributed by atoms with van der Waals surface area (Å²) in [7, 11) is 0. The first-order valence-corrected chi connectivity index (χ1v) is 11.6. The molecule has 0 aliphatic carbocycles. The van der Waals surface area contributed by atoms with Gasteiger partial charge in [-0.1, -0.05) is 36.4 Å². The molecule has 0 saturated heterocycles. The fraction of sp³-hybridized carbons (Fsp3) is 0.160. The number of hydrogen-bond acceptors (Lipinski definition) is 7. The number of nitrogens with zero attached hydrogens (tertiary/aromatic N) is 2. The molecule has 0 saturated carbocycles. The van der Waals surface area contributed by atoms with Crippen LogP contribution >= 0.6 is 15.9 Å². The second-order valence-corrected chi connectivity index (χ2v) is 8.17. The summed E-state index contributed by atoms with van der Waals surface area (Å²) >= 11 is 3.42. The smallest absolute Gasteiger partial charge is 0.273 e. The second kappa shape index (κ2) is 13.0. The lowest BCUT2D eigenvalue weighted by Gasteiger charge is -2.14. The minimum atomic E-state index is -0.535. The third-order valence-electron chi connectivity index (χ3n) is 4.71. The van der Waals surface area contributed by atoms with Crippen LogP contribution in [0.1, 0.15) is 18.1 Å². The van der Waals surface area contributed by atoms with E-state index >= 15 is 0 Å². The quantitative estimate of drug-likeness (QED) is 0.204. The van der Waals surface area contributed by atoms with Crippen LogP contribution in [0.3, 0.4) is 0 Å². The lowest BCUT2D eigenvalue weighted by atomic mass is 10.1. The zero-order valence-electron chi connectivity index (χ0n) is 19.3. The molecule has 0 radical (unpaired) electrons. The number of amides is 2. The van der Waals surface area contributed by atoms with E-state index in [0.717, 1.165) is 0 Å². The van der Waals surface area contributed by atoms with E-state index in [1.54, 1.807) is 30.3 Å². The van der Waals surface area contributed by atoms with Crippen LogP contribution in [0.25, 0.3) is 0 Å². The Labute approximate surface area is 215 Å². The van der Waals surface area contributed by atoms with Crippen LogP contribution in [0, 0.1) is 10.1 Å². The number of para-hydroxylation sites is 2. The van der Waals surface area contributed by atoms with Gasteiger partial charge >= 0.3 is 0 Å². The van der Waals surface area contributed by atoms with Crippen LogP contribution < -0.4 is 20.2 Å². The monoisotopic (exact) mass is 554 g/mol. The van der Waals surface area contributed by atoms with Gasteiger partial charge in [0.25, 0.3) is 11.6 Å². The van der Waals surface area contributed by atoms with Crippen molar-refractivity contribution < 1.29 is 24.0 Å². The molecule has 2 N–H and O–H groups in total. The van der Waals surface area contributed by atoms with Gasteiger partial charge in [-0.3, -0.25) is 19.7 Å². The van der Waals surface area contributed by atoms with E-state index in [4.69, 9.17) is 9.47 Å². The average molecular weight is 555 g/mol. The van der Waals surface area contributed by atoms with Crippen molar-refractivity contribution in [2.24, 2.45) is 5.10 Å². The Hall–Kier alpha value is -4.25. The van der Waals surface area contributed by atoms with Gasteiger partial charge in [0.1, 0.15) is 0 Å². The number of anilines is 1. The van der Waals surface area contributed by atoms with E-state index in [-0.39, 0.29) is 30.2 Å². The summed E-state index contributed by atoms with van der Waals surface area (Å²) in [5, 5.41) is 17.8. The molecule has 36 heavy (non-hydrogen) atoms. The highest BCUT2D eigenvalue weighted by Gasteiger charge is 2.15. The van der Waals surface area contributed by atoms with Crippen molar-refractivity contribution >= 4 is 45.3 Å². The van der Waals surface area contributed by atoms with Crippen LogP contribution in [0.4, 0.5) is 11.4 Å². The topological polar surface area (TPSA) is 132 Å². The van der Waals surface area contributed by atoms with Gasteiger partial charge in [-0.05, 0) is 47.1 Å². The molecule has 0 bridgehead atoms. The first-order valence-electron chi connectivity index (χ1n) is 10.9. The number of carbonyl (C=O) groups is 2. The minimum Gasteiger partial charge on any atom is -0.490 e. The minimum absolute atomic E-state index is 0.131. The molecule has 3 aromatic rings. The molecule has 0 unspecified atom stereocenters.